The molecule has 0 unspecified atom stereocenters. The first-order valence-corrected chi connectivity index (χ1v) is 9.87. The van der Waals surface area contributed by atoms with E-state index in [1.807, 2.05) is 35.2 Å². The molecule has 3 aromatic rings. The van der Waals surface area contributed by atoms with E-state index in [2.05, 4.69) is 44.2 Å². The Morgan fingerprint density at radius 1 is 1.00 bits per heavy atom. The Morgan fingerprint density at radius 2 is 1.67 bits per heavy atom. The lowest BCUT2D eigenvalue weighted by molar-refractivity contribution is 0.0715. The van der Waals surface area contributed by atoms with E-state index in [0.29, 0.717) is 11.8 Å². The van der Waals surface area contributed by atoms with Gasteiger partial charge in [0.05, 0.1) is 11.1 Å². The number of hydrogen-bond acceptors (Lipinski definition) is 2. The maximum absolute atomic E-state index is 13.3. The lowest BCUT2D eigenvalue weighted by Crippen LogP contribution is -2.38. The van der Waals surface area contributed by atoms with Crippen molar-refractivity contribution in [3.63, 3.8) is 0 Å². The van der Waals surface area contributed by atoms with Crippen LogP contribution in [0.4, 0.5) is 0 Å². The number of piperidine rings is 1. The van der Waals surface area contributed by atoms with Gasteiger partial charge in [0.1, 0.15) is 0 Å². The van der Waals surface area contributed by atoms with Crippen LogP contribution in [0.1, 0.15) is 60.1 Å². The highest BCUT2D eigenvalue weighted by atomic mass is 16.2. The number of benzene rings is 2. The minimum absolute atomic E-state index is 0.141. The van der Waals surface area contributed by atoms with Gasteiger partial charge in [-0.2, -0.15) is 0 Å². The normalized spacial score (nSPS) is 15.4. The number of carbonyl (C=O) groups is 1. The molecular weight excluding hydrogens is 332 g/mol. The summed E-state index contributed by atoms with van der Waals surface area (Å²) in [5.41, 5.74) is 4.07. The monoisotopic (exact) mass is 358 g/mol. The third kappa shape index (κ3) is 3.59. The molecule has 0 aliphatic carbocycles. The summed E-state index contributed by atoms with van der Waals surface area (Å²) < 4.78 is 0. The van der Waals surface area contributed by atoms with Gasteiger partial charge in [0, 0.05) is 24.2 Å². The minimum atomic E-state index is 0.141. The number of rotatable bonds is 3. The van der Waals surface area contributed by atoms with Crippen LogP contribution in [0.25, 0.3) is 10.9 Å². The van der Waals surface area contributed by atoms with Crippen LogP contribution in [0, 0.1) is 0 Å². The molecule has 0 N–H and O–H groups in total. The second kappa shape index (κ2) is 7.51. The van der Waals surface area contributed by atoms with Crippen LogP contribution >= 0.6 is 0 Å². The average molecular weight is 358 g/mol. The van der Waals surface area contributed by atoms with Crippen molar-refractivity contribution in [3.8, 4) is 0 Å². The van der Waals surface area contributed by atoms with Gasteiger partial charge in [-0.3, -0.25) is 9.78 Å². The van der Waals surface area contributed by atoms with E-state index >= 15 is 0 Å². The molecule has 1 aromatic heterocycles. The predicted molar refractivity (Wildman–Crippen MR) is 110 cm³/mol. The fourth-order valence-electron chi connectivity index (χ4n) is 3.98. The highest BCUT2D eigenvalue weighted by Gasteiger charge is 2.26. The molecule has 1 saturated heterocycles. The summed E-state index contributed by atoms with van der Waals surface area (Å²) in [5, 5.41) is 0.956. The lowest BCUT2D eigenvalue weighted by atomic mass is 9.89. The first-order chi connectivity index (χ1) is 13.1. The maximum Gasteiger partial charge on any atom is 0.254 e. The van der Waals surface area contributed by atoms with Gasteiger partial charge in [-0.25, -0.2) is 0 Å². The molecule has 1 amide bonds. The van der Waals surface area contributed by atoms with Crippen LogP contribution in [0.2, 0.25) is 0 Å². The number of carbonyl (C=O) groups excluding carboxylic acids is 1. The Bertz CT molecular complexity index is 941. The highest BCUT2D eigenvalue weighted by Crippen LogP contribution is 2.30. The number of para-hydroxylation sites is 1. The smallest absolute Gasteiger partial charge is 0.254 e. The van der Waals surface area contributed by atoms with Crippen molar-refractivity contribution in [1.82, 2.24) is 9.88 Å². The van der Waals surface area contributed by atoms with Crippen molar-refractivity contribution in [2.45, 2.75) is 38.5 Å². The van der Waals surface area contributed by atoms with Gasteiger partial charge in [0.25, 0.3) is 5.91 Å². The number of aromatic nitrogens is 1. The maximum atomic E-state index is 13.3. The number of fused-ring (bicyclic) bond motifs is 1. The zero-order chi connectivity index (χ0) is 18.8. The quantitative estimate of drug-likeness (QED) is 0.630. The molecule has 0 bridgehead atoms. The molecule has 0 saturated carbocycles. The molecule has 3 heteroatoms. The van der Waals surface area contributed by atoms with Crippen LogP contribution in [0.3, 0.4) is 0 Å². The van der Waals surface area contributed by atoms with E-state index in [9.17, 15) is 4.79 Å². The molecule has 3 nitrogen and oxygen atoms in total. The Balaban J connectivity index is 1.58. The molecule has 138 valence electrons. The van der Waals surface area contributed by atoms with E-state index in [1.54, 1.807) is 0 Å². The van der Waals surface area contributed by atoms with Crippen molar-refractivity contribution in [2.75, 3.05) is 13.1 Å². The Hall–Kier alpha value is -2.68. The van der Waals surface area contributed by atoms with Crippen molar-refractivity contribution >= 4 is 16.8 Å². The molecule has 0 spiro atoms. The van der Waals surface area contributed by atoms with Gasteiger partial charge in [-0.15, -0.1) is 0 Å². The molecule has 0 radical (unpaired) electrons. The first-order valence-electron chi connectivity index (χ1n) is 9.87. The third-order valence-corrected chi connectivity index (χ3v) is 5.61. The number of amides is 1. The Labute approximate surface area is 161 Å². The molecule has 27 heavy (non-hydrogen) atoms. The molecule has 4 rings (SSSR count). The van der Waals surface area contributed by atoms with E-state index in [0.717, 1.165) is 48.1 Å². The van der Waals surface area contributed by atoms with Crippen LogP contribution in [0.15, 0.2) is 60.7 Å². The molecule has 1 aliphatic rings. The van der Waals surface area contributed by atoms with Gasteiger partial charge in [0.15, 0.2) is 0 Å². The highest BCUT2D eigenvalue weighted by molar-refractivity contribution is 6.06. The summed E-state index contributed by atoms with van der Waals surface area (Å²) in [4.78, 5) is 20.1. The number of likely N-dealkylation sites (tertiary alicyclic amines) is 1. The summed E-state index contributed by atoms with van der Waals surface area (Å²) in [6, 6.07) is 20.6. The average Bonchev–Trinajstić information content (AvgIpc) is 2.73. The van der Waals surface area contributed by atoms with Crippen LogP contribution in [-0.4, -0.2) is 28.9 Å². The summed E-state index contributed by atoms with van der Waals surface area (Å²) in [6.07, 6.45) is 2.05. The zero-order valence-electron chi connectivity index (χ0n) is 16.1. The second-order valence-corrected chi connectivity index (χ2v) is 7.74. The minimum Gasteiger partial charge on any atom is -0.339 e. The number of hydrogen-bond donors (Lipinski definition) is 0. The molecule has 2 aromatic carbocycles. The van der Waals surface area contributed by atoms with Crippen molar-refractivity contribution < 1.29 is 4.79 Å². The van der Waals surface area contributed by atoms with E-state index in [4.69, 9.17) is 4.98 Å². The summed E-state index contributed by atoms with van der Waals surface area (Å²) in [5.74, 6) is 0.989. The fourth-order valence-corrected chi connectivity index (χ4v) is 3.98. The third-order valence-electron chi connectivity index (χ3n) is 5.61. The SMILES string of the molecule is CC(C)c1cc(C(=O)N2CCC(c3ccccc3)CC2)c2ccccc2n1. The van der Waals surface area contributed by atoms with Gasteiger partial charge in [-0.05, 0) is 42.4 Å². The Morgan fingerprint density at radius 3 is 2.37 bits per heavy atom. The van der Waals surface area contributed by atoms with Crippen molar-refractivity contribution in [1.29, 1.82) is 0 Å². The Kier molecular flexibility index (Phi) is 4.93. The van der Waals surface area contributed by atoms with Crippen LogP contribution in [0.5, 0.6) is 0 Å². The van der Waals surface area contributed by atoms with Gasteiger partial charge >= 0.3 is 0 Å². The van der Waals surface area contributed by atoms with Crippen molar-refractivity contribution in [2.24, 2.45) is 0 Å². The predicted octanol–water partition coefficient (Wildman–Crippen LogP) is 5.38. The van der Waals surface area contributed by atoms with E-state index in [-0.39, 0.29) is 5.91 Å². The van der Waals surface area contributed by atoms with E-state index < -0.39 is 0 Å². The summed E-state index contributed by atoms with van der Waals surface area (Å²) >= 11 is 0. The summed E-state index contributed by atoms with van der Waals surface area (Å²) in [7, 11) is 0. The van der Waals surface area contributed by atoms with Crippen LogP contribution < -0.4 is 0 Å². The number of pyridine rings is 1. The largest absolute Gasteiger partial charge is 0.339 e. The molecule has 1 aliphatic heterocycles. The zero-order valence-corrected chi connectivity index (χ0v) is 16.1. The van der Waals surface area contributed by atoms with Gasteiger partial charge in [-0.1, -0.05) is 62.4 Å². The first kappa shape index (κ1) is 17.7. The summed E-state index contributed by atoms with van der Waals surface area (Å²) in [6.45, 7) is 5.87. The lowest BCUT2D eigenvalue weighted by Gasteiger charge is -2.32. The van der Waals surface area contributed by atoms with Crippen LogP contribution in [-0.2, 0) is 0 Å². The van der Waals surface area contributed by atoms with Gasteiger partial charge in [0.2, 0.25) is 0 Å². The molecule has 0 atom stereocenters. The van der Waals surface area contributed by atoms with Gasteiger partial charge < -0.3 is 4.90 Å². The second-order valence-electron chi connectivity index (χ2n) is 7.74. The molecule has 1 fully saturated rings. The standard InChI is InChI=1S/C24H26N2O/c1-17(2)23-16-21(20-10-6-7-11-22(20)25-23)24(27)26-14-12-19(13-15-26)18-8-4-3-5-9-18/h3-11,16-17,19H,12-15H2,1-2H3. The van der Waals surface area contributed by atoms with Crippen molar-refractivity contribution in [3.05, 3.63) is 77.5 Å². The molecule has 2 heterocycles. The molecular formula is C24H26N2O. The topological polar surface area (TPSA) is 33.2 Å². The fraction of sp³-hybridized carbons (Fsp3) is 0.333. The number of nitrogens with zero attached hydrogens (tertiary/aromatic N) is 2. The van der Waals surface area contributed by atoms with E-state index in [1.165, 1.54) is 5.56 Å².